The van der Waals surface area contributed by atoms with Crippen molar-refractivity contribution in [3.8, 4) is 11.5 Å². The lowest BCUT2D eigenvalue weighted by molar-refractivity contribution is 0.283. The summed E-state index contributed by atoms with van der Waals surface area (Å²) in [5.74, 6) is 1.59. The summed E-state index contributed by atoms with van der Waals surface area (Å²) in [5, 5.41) is 15.5. The van der Waals surface area contributed by atoms with Crippen LogP contribution in [0.25, 0.3) is 10.8 Å². The Morgan fingerprint density at radius 3 is 2.72 bits per heavy atom. The molecule has 1 aromatic heterocycles. The van der Waals surface area contributed by atoms with Gasteiger partial charge in [-0.2, -0.15) is 0 Å². The number of aliphatic hydroxyl groups excluding tert-OH is 1. The lowest BCUT2D eigenvalue weighted by atomic mass is 10.0. The molecule has 3 rings (SSSR count). The molecule has 1 heterocycles. The topological polar surface area (TPSA) is 29.5 Å². The Kier molecular flexibility index (Phi) is 3.00. The summed E-state index contributed by atoms with van der Waals surface area (Å²) >= 11 is 1.60. The number of ether oxygens (including phenoxy) is 1. The maximum Gasteiger partial charge on any atom is 0.138 e. The molecule has 0 unspecified atom stereocenters. The molecule has 0 spiro atoms. The number of aliphatic hydroxyl groups is 1. The minimum absolute atomic E-state index is 0.0152. The molecule has 0 aliphatic heterocycles. The van der Waals surface area contributed by atoms with Gasteiger partial charge in [-0.25, -0.2) is 0 Å². The van der Waals surface area contributed by atoms with Gasteiger partial charge in [-0.05, 0) is 39.9 Å². The Hall–Kier alpha value is -1.84. The zero-order valence-electron chi connectivity index (χ0n) is 9.67. The molecule has 0 bridgehead atoms. The first kappa shape index (κ1) is 11.3. The number of hydrogen-bond acceptors (Lipinski definition) is 3. The monoisotopic (exact) mass is 256 g/mol. The molecule has 2 aromatic carbocycles. The van der Waals surface area contributed by atoms with E-state index in [1.807, 2.05) is 53.2 Å². The lowest BCUT2D eigenvalue weighted by Gasteiger charge is -2.09. The second-order valence-corrected chi connectivity index (χ2v) is 4.80. The highest BCUT2D eigenvalue weighted by Gasteiger charge is 2.05. The molecule has 0 saturated heterocycles. The average Bonchev–Trinajstić information content (AvgIpc) is 2.90. The van der Waals surface area contributed by atoms with Crippen LogP contribution in [-0.4, -0.2) is 5.11 Å². The fraction of sp³-hybridized carbons (Fsp3) is 0.0667. The van der Waals surface area contributed by atoms with Gasteiger partial charge in [0.1, 0.15) is 11.5 Å². The van der Waals surface area contributed by atoms with Gasteiger partial charge in [-0.15, -0.1) is 11.3 Å². The predicted octanol–water partition coefficient (Wildman–Crippen LogP) is 4.19. The molecule has 0 saturated carbocycles. The SMILES string of the molecule is OCc1cc(Oc2ccsc2)cc2ccccc12. The molecule has 0 fully saturated rings. The third-order valence-corrected chi connectivity index (χ3v) is 3.48. The van der Waals surface area contributed by atoms with E-state index in [1.54, 1.807) is 11.3 Å². The van der Waals surface area contributed by atoms with Crippen LogP contribution in [0, 0.1) is 0 Å². The number of hydrogen-bond donors (Lipinski definition) is 1. The molecule has 0 aliphatic rings. The fourth-order valence-corrected chi connectivity index (χ4v) is 2.55. The zero-order valence-corrected chi connectivity index (χ0v) is 10.5. The molecule has 3 heteroatoms. The van der Waals surface area contributed by atoms with Gasteiger partial charge in [0.25, 0.3) is 0 Å². The first-order valence-electron chi connectivity index (χ1n) is 5.69. The second-order valence-electron chi connectivity index (χ2n) is 4.02. The van der Waals surface area contributed by atoms with Crippen molar-refractivity contribution in [2.75, 3.05) is 0 Å². The maximum absolute atomic E-state index is 9.43. The molecule has 1 N–H and O–H groups in total. The van der Waals surface area contributed by atoms with Crippen molar-refractivity contribution in [1.82, 2.24) is 0 Å². The van der Waals surface area contributed by atoms with Crippen molar-refractivity contribution >= 4 is 22.1 Å². The van der Waals surface area contributed by atoms with Crippen LogP contribution in [0.4, 0.5) is 0 Å². The minimum atomic E-state index is 0.0152. The first-order valence-corrected chi connectivity index (χ1v) is 6.63. The van der Waals surface area contributed by atoms with Gasteiger partial charge < -0.3 is 9.84 Å². The first-order chi connectivity index (χ1) is 8.86. The smallest absolute Gasteiger partial charge is 0.138 e. The molecule has 90 valence electrons. The third-order valence-electron chi connectivity index (χ3n) is 2.82. The van der Waals surface area contributed by atoms with Crippen LogP contribution < -0.4 is 4.74 Å². The van der Waals surface area contributed by atoms with Crippen molar-refractivity contribution in [2.45, 2.75) is 6.61 Å². The van der Waals surface area contributed by atoms with E-state index in [9.17, 15) is 5.11 Å². The standard InChI is InChI=1S/C15H12O2S/c16-9-12-8-14(17-13-5-6-18-10-13)7-11-3-1-2-4-15(11)12/h1-8,10,16H,9H2. The van der Waals surface area contributed by atoms with E-state index in [1.165, 1.54) is 0 Å². The Morgan fingerprint density at radius 1 is 1.06 bits per heavy atom. The molecule has 2 nitrogen and oxygen atoms in total. The number of rotatable bonds is 3. The van der Waals surface area contributed by atoms with Crippen LogP contribution in [0.1, 0.15) is 5.56 Å². The highest BCUT2D eigenvalue weighted by molar-refractivity contribution is 7.08. The normalized spacial score (nSPS) is 10.7. The zero-order chi connectivity index (χ0) is 12.4. The van der Waals surface area contributed by atoms with Gasteiger partial charge in [0, 0.05) is 5.38 Å². The summed E-state index contributed by atoms with van der Waals surface area (Å²) in [6.07, 6.45) is 0. The Balaban J connectivity index is 2.08. The van der Waals surface area contributed by atoms with Crippen molar-refractivity contribution in [2.24, 2.45) is 0 Å². The molecule has 0 amide bonds. The van der Waals surface area contributed by atoms with Gasteiger partial charge in [0.15, 0.2) is 0 Å². The summed E-state index contributed by atoms with van der Waals surface area (Å²) in [6.45, 7) is 0.0152. The van der Waals surface area contributed by atoms with Crippen molar-refractivity contribution < 1.29 is 9.84 Å². The summed E-state index contributed by atoms with van der Waals surface area (Å²) in [5.41, 5.74) is 0.887. The van der Waals surface area contributed by atoms with Gasteiger partial charge >= 0.3 is 0 Å². The van der Waals surface area contributed by atoms with Gasteiger partial charge in [0.05, 0.1) is 6.61 Å². The summed E-state index contributed by atoms with van der Waals surface area (Å²) in [6, 6.07) is 13.8. The molecule has 0 atom stereocenters. The van der Waals surface area contributed by atoms with Crippen molar-refractivity contribution in [1.29, 1.82) is 0 Å². The molecule has 0 aliphatic carbocycles. The maximum atomic E-state index is 9.43. The highest BCUT2D eigenvalue weighted by Crippen LogP contribution is 2.29. The average molecular weight is 256 g/mol. The highest BCUT2D eigenvalue weighted by atomic mass is 32.1. The van der Waals surface area contributed by atoms with Crippen LogP contribution in [0.2, 0.25) is 0 Å². The second kappa shape index (κ2) is 4.80. The molecular formula is C15H12O2S. The van der Waals surface area contributed by atoms with E-state index in [2.05, 4.69) is 0 Å². The molecule has 3 aromatic rings. The van der Waals surface area contributed by atoms with Crippen molar-refractivity contribution in [3.05, 3.63) is 58.8 Å². The largest absolute Gasteiger partial charge is 0.456 e. The van der Waals surface area contributed by atoms with E-state index in [0.717, 1.165) is 27.8 Å². The van der Waals surface area contributed by atoms with E-state index in [0.29, 0.717) is 0 Å². The summed E-state index contributed by atoms with van der Waals surface area (Å²) in [4.78, 5) is 0. The van der Waals surface area contributed by atoms with E-state index < -0.39 is 0 Å². The Morgan fingerprint density at radius 2 is 1.94 bits per heavy atom. The van der Waals surface area contributed by atoms with Gasteiger partial charge in [-0.3, -0.25) is 0 Å². The van der Waals surface area contributed by atoms with Crippen LogP contribution in [0.3, 0.4) is 0 Å². The predicted molar refractivity (Wildman–Crippen MR) is 74.3 cm³/mol. The third kappa shape index (κ3) is 2.10. The molecular weight excluding hydrogens is 244 g/mol. The van der Waals surface area contributed by atoms with Crippen molar-refractivity contribution in [3.63, 3.8) is 0 Å². The molecule has 18 heavy (non-hydrogen) atoms. The lowest BCUT2D eigenvalue weighted by Crippen LogP contribution is -1.89. The fourth-order valence-electron chi connectivity index (χ4n) is 2.00. The van der Waals surface area contributed by atoms with E-state index in [4.69, 9.17) is 4.74 Å². The number of benzene rings is 2. The summed E-state index contributed by atoms with van der Waals surface area (Å²) < 4.78 is 5.77. The quantitative estimate of drug-likeness (QED) is 0.761. The van der Waals surface area contributed by atoms with Gasteiger partial charge in [-0.1, -0.05) is 24.3 Å². The molecule has 0 radical (unpaired) electrons. The number of fused-ring (bicyclic) bond motifs is 1. The van der Waals surface area contributed by atoms with E-state index >= 15 is 0 Å². The van der Waals surface area contributed by atoms with Crippen LogP contribution in [0.15, 0.2) is 53.2 Å². The van der Waals surface area contributed by atoms with Crippen LogP contribution >= 0.6 is 11.3 Å². The Bertz CT molecular complexity index is 659. The Labute approximate surface area is 109 Å². The summed E-state index contributed by atoms with van der Waals surface area (Å²) in [7, 11) is 0. The van der Waals surface area contributed by atoms with Crippen LogP contribution in [-0.2, 0) is 6.61 Å². The van der Waals surface area contributed by atoms with Crippen LogP contribution in [0.5, 0.6) is 11.5 Å². The van der Waals surface area contributed by atoms with E-state index in [-0.39, 0.29) is 6.61 Å². The number of thiophene rings is 1. The van der Waals surface area contributed by atoms with Gasteiger partial charge in [0.2, 0.25) is 0 Å². The minimum Gasteiger partial charge on any atom is -0.456 e.